The Balaban J connectivity index is 2.72. The average molecular weight is 270 g/mol. The van der Waals surface area contributed by atoms with Crippen molar-refractivity contribution in [3.63, 3.8) is 0 Å². The monoisotopic (exact) mass is 270 g/mol. The van der Waals surface area contributed by atoms with Crippen LogP contribution in [0.5, 0.6) is 0 Å². The van der Waals surface area contributed by atoms with Crippen molar-refractivity contribution in [3.8, 4) is 0 Å². The third-order valence-corrected chi connectivity index (χ3v) is 3.80. The molecule has 0 spiro atoms. The van der Waals surface area contributed by atoms with Crippen molar-refractivity contribution in [2.45, 2.75) is 31.6 Å². The minimum atomic E-state index is -3.55. The number of primary amides is 1. The van der Waals surface area contributed by atoms with Crippen molar-refractivity contribution < 1.29 is 13.2 Å². The van der Waals surface area contributed by atoms with E-state index < -0.39 is 22.0 Å². The number of benzene rings is 1. The fourth-order valence-electron chi connectivity index (χ4n) is 1.60. The molecule has 0 radical (unpaired) electrons. The second kappa shape index (κ2) is 6.51. The summed E-state index contributed by atoms with van der Waals surface area (Å²) in [5.41, 5.74) is 5.83. The number of nitrogens with one attached hydrogen (secondary N) is 1. The summed E-state index contributed by atoms with van der Waals surface area (Å²) in [4.78, 5) is 11.1. The summed E-state index contributed by atoms with van der Waals surface area (Å²) in [6, 6.07) is 7.96. The summed E-state index contributed by atoms with van der Waals surface area (Å²) >= 11 is 0. The summed E-state index contributed by atoms with van der Waals surface area (Å²) in [6.45, 7) is 1.86. The van der Waals surface area contributed by atoms with Crippen LogP contribution in [-0.4, -0.2) is 20.4 Å². The summed E-state index contributed by atoms with van der Waals surface area (Å²) in [5, 5.41) is 0. The van der Waals surface area contributed by atoms with Gasteiger partial charge in [-0.25, -0.2) is 13.1 Å². The van der Waals surface area contributed by atoms with Gasteiger partial charge in [-0.1, -0.05) is 43.7 Å². The van der Waals surface area contributed by atoms with Gasteiger partial charge in [0.2, 0.25) is 15.9 Å². The fraction of sp³-hybridized carbons (Fsp3) is 0.417. The van der Waals surface area contributed by atoms with Gasteiger partial charge in [0.15, 0.2) is 0 Å². The first-order valence-electron chi connectivity index (χ1n) is 5.78. The van der Waals surface area contributed by atoms with Gasteiger partial charge in [0.1, 0.15) is 6.04 Å². The Morgan fingerprint density at radius 2 is 1.94 bits per heavy atom. The first kappa shape index (κ1) is 14.7. The fourth-order valence-corrected chi connectivity index (χ4v) is 2.98. The molecule has 0 aliphatic rings. The number of carbonyl (C=O) groups is 1. The van der Waals surface area contributed by atoms with E-state index in [0.717, 1.165) is 0 Å². The lowest BCUT2D eigenvalue weighted by atomic mass is 10.2. The topological polar surface area (TPSA) is 89.3 Å². The third-order valence-electron chi connectivity index (χ3n) is 2.44. The minimum absolute atomic E-state index is 0.151. The van der Waals surface area contributed by atoms with Crippen molar-refractivity contribution in [2.24, 2.45) is 5.73 Å². The van der Waals surface area contributed by atoms with Gasteiger partial charge in [-0.2, -0.15) is 0 Å². The molecule has 18 heavy (non-hydrogen) atoms. The molecule has 0 aliphatic heterocycles. The molecule has 1 amide bonds. The van der Waals surface area contributed by atoms with E-state index in [1.165, 1.54) is 0 Å². The van der Waals surface area contributed by atoms with E-state index in [4.69, 9.17) is 5.73 Å². The lowest BCUT2D eigenvalue weighted by molar-refractivity contribution is -0.119. The molecule has 0 fully saturated rings. The van der Waals surface area contributed by atoms with E-state index in [2.05, 4.69) is 4.72 Å². The van der Waals surface area contributed by atoms with E-state index in [9.17, 15) is 13.2 Å². The number of amides is 1. The van der Waals surface area contributed by atoms with Gasteiger partial charge in [0.25, 0.3) is 0 Å². The molecule has 1 unspecified atom stereocenters. The van der Waals surface area contributed by atoms with Gasteiger partial charge in [0.05, 0.1) is 5.75 Å². The number of hydrogen-bond donors (Lipinski definition) is 2. The predicted molar refractivity (Wildman–Crippen MR) is 70.1 cm³/mol. The SMILES string of the molecule is CCCC(NS(=O)(=O)Cc1ccccc1)C(N)=O. The molecule has 0 bridgehead atoms. The Morgan fingerprint density at radius 3 is 2.44 bits per heavy atom. The van der Waals surface area contributed by atoms with Crippen molar-refractivity contribution in [3.05, 3.63) is 35.9 Å². The highest BCUT2D eigenvalue weighted by Crippen LogP contribution is 2.06. The first-order chi connectivity index (χ1) is 8.44. The van der Waals surface area contributed by atoms with Crippen LogP contribution in [0.25, 0.3) is 0 Å². The lowest BCUT2D eigenvalue weighted by Gasteiger charge is -2.14. The maximum Gasteiger partial charge on any atom is 0.235 e. The highest BCUT2D eigenvalue weighted by Gasteiger charge is 2.21. The molecule has 1 aromatic carbocycles. The molecule has 100 valence electrons. The molecule has 0 heterocycles. The summed E-state index contributed by atoms with van der Waals surface area (Å²) in [7, 11) is -3.55. The Hall–Kier alpha value is -1.40. The van der Waals surface area contributed by atoms with Crippen LogP contribution < -0.4 is 10.5 Å². The number of sulfonamides is 1. The van der Waals surface area contributed by atoms with Crippen LogP contribution in [0.1, 0.15) is 25.3 Å². The zero-order chi connectivity index (χ0) is 13.6. The molecule has 6 heteroatoms. The summed E-state index contributed by atoms with van der Waals surface area (Å²) in [5.74, 6) is -0.796. The molecule has 0 saturated heterocycles. The maximum absolute atomic E-state index is 11.9. The van der Waals surface area contributed by atoms with Crippen molar-refractivity contribution >= 4 is 15.9 Å². The van der Waals surface area contributed by atoms with Crippen LogP contribution in [0.15, 0.2) is 30.3 Å². The van der Waals surface area contributed by atoms with Crippen LogP contribution in [0.3, 0.4) is 0 Å². The molecule has 3 N–H and O–H groups in total. The molecular weight excluding hydrogens is 252 g/mol. The molecule has 0 aliphatic carbocycles. The van der Waals surface area contributed by atoms with Gasteiger partial charge in [-0.05, 0) is 12.0 Å². The van der Waals surface area contributed by atoms with Gasteiger partial charge >= 0.3 is 0 Å². The second-order valence-corrected chi connectivity index (χ2v) is 5.86. The zero-order valence-corrected chi connectivity index (χ0v) is 11.1. The minimum Gasteiger partial charge on any atom is -0.368 e. The van der Waals surface area contributed by atoms with Crippen molar-refractivity contribution in [1.82, 2.24) is 4.72 Å². The van der Waals surface area contributed by atoms with Crippen LogP contribution in [-0.2, 0) is 20.6 Å². The Labute approximate surface area is 107 Å². The largest absolute Gasteiger partial charge is 0.368 e. The van der Waals surface area contributed by atoms with Crippen LogP contribution >= 0.6 is 0 Å². The quantitative estimate of drug-likeness (QED) is 0.766. The Kier molecular flexibility index (Phi) is 5.30. The van der Waals surface area contributed by atoms with Crippen molar-refractivity contribution in [1.29, 1.82) is 0 Å². The van der Waals surface area contributed by atoms with Gasteiger partial charge in [-0.3, -0.25) is 4.79 Å². The molecule has 1 atom stereocenters. The predicted octanol–water partition coefficient (Wildman–Crippen LogP) is 0.760. The number of hydrogen-bond acceptors (Lipinski definition) is 3. The molecule has 1 rings (SSSR count). The van der Waals surface area contributed by atoms with Crippen LogP contribution in [0.2, 0.25) is 0 Å². The third kappa shape index (κ3) is 4.85. The Morgan fingerprint density at radius 1 is 1.33 bits per heavy atom. The molecule has 5 nitrogen and oxygen atoms in total. The van der Waals surface area contributed by atoms with Gasteiger partial charge < -0.3 is 5.73 Å². The molecule has 0 saturated carbocycles. The number of nitrogens with two attached hydrogens (primary N) is 1. The van der Waals surface area contributed by atoms with E-state index in [0.29, 0.717) is 18.4 Å². The van der Waals surface area contributed by atoms with Gasteiger partial charge in [-0.15, -0.1) is 0 Å². The summed E-state index contributed by atoms with van der Waals surface area (Å²) < 4.78 is 26.1. The highest BCUT2D eigenvalue weighted by atomic mass is 32.2. The normalized spacial score (nSPS) is 13.2. The highest BCUT2D eigenvalue weighted by molar-refractivity contribution is 7.88. The molecule has 0 aromatic heterocycles. The number of carbonyl (C=O) groups excluding carboxylic acids is 1. The van der Waals surface area contributed by atoms with E-state index >= 15 is 0 Å². The lowest BCUT2D eigenvalue weighted by Crippen LogP contribution is -2.44. The van der Waals surface area contributed by atoms with Crippen molar-refractivity contribution in [2.75, 3.05) is 0 Å². The Bertz CT molecular complexity index is 485. The van der Waals surface area contributed by atoms with E-state index in [1.807, 2.05) is 13.0 Å². The van der Waals surface area contributed by atoms with Gasteiger partial charge in [0, 0.05) is 0 Å². The maximum atomic E-state index is 11.9. The zero-order valence-electron chi connectivity index (χ0n) is 10.3. The second-order valence-electron chi connectivity index (χ2n) is 4.11. The van der Waals surface area contributed by atoms with Crippen LogP contribution in [0, 0.1) is 0 Å². The molecular formula is C12H18N2O3S. The van der Waals surface area contributed by atoms with Crippen LogP contribution in [0.4, 0.5) is 0 Å². The van der Waals surface area contributed by atoms with E-state index in [1.54, 1.807) is 24.3 Å². The average Bonchev–Trinajstić information content (AvgIpc) is 2.28. The summed E-state index contributed by atoms with van der Waals surface area (Å²) in [6.07, 6.45) is 1.09. The standard InChI is InChI=1S/C12H18N2O3S/c1-2-6-11(12(13)15)14-18(16,17)9-10-7-4-3-5-8-10/h3-5,7-8,11,14H,2,6,9H2,1H3,(H2,13,15). The van der Waals surface area contributed by atoms with E-state index in [-0.39, 0.29) is 5.75 Å². The molecule has 1 aromatic rings. The smallest absolute Gasteiger partial charge is 0.235 e. The number of rotatable bonds is 7. The first-order valence-corrected chi connectivity index (χ1v) is 7.43.